The van der Waals surface area contributed by atoms with Gasteiger partial charge in [-0.25, -0.2) is 4.39 Å². The Kier molecular flexibility index (Phi) is 8.99. The van der Waals surface area contributed by atoms with Gasteiger partial charge in [-0.1, -0.05) is 70.2 Å². The van der Waals surface area contributed by atoms with Gasteiger partial charge in [-0.15, -0.1) is 0 Å². The molecule has 0 saturated heterocycles. The maximum atomic E-state index is 14.3. The Morgan fingerprint density at radius 2 is 1.66 bits per heavy atom. The summed E-state index contributed by atoms with van der Waals surface area (Å²) in [6, 6.07) is 14.0. The molecule has 0 aliphatic heterocycles. The lowest BCUT2D eigenvalue weighted by molar-refractivity contribution is -0.140. The van der Waals surface area contributed by atoms with E-state index in [9.17, 15) is 14.0 Å². The van der Waals surface area contributed by atoms with E-state index in [1.807, 2.05) is 26.0 Å². The average Bonchev–Trinajstić information content (AvgIpc) is 2.76. The molecular weight excluding hydrogens is 403 g/mol. The molecule has 0 saturated carbocycles. The molecule has 1 N–H and O–H groups in total. The van der Waals surface area contributed by atoms with Crippen molar-refractivity contribution in [2.75, 3.05) is 0 Å². The predicted molar refractivity (Wildman–Crippen MR) is 128 cm³/mol. The van der Waals surface area contributed by atoms with Gasteiger partial charge in [-0.05, 0) is 49.3 Å². The number of carbonyl (C=O) groups is 2. The number of carbonyl (C=O) groups excluding carboxylic acids is 2. The third-order valence-electron chi connectivity index (χ3n) is 5.91. The molecular formula is C27H37FN2O2. The van der Waals surface area contributed by atoms with E-state index in [4.69, 9.17) is 0 Å². The van der Waals surface area contributed by atoms with E-state index in [-0.39, 0.29) is 42.1 Å². The van der Waals surface area contributed by atoms with Crippen molar-refractivity contribution in [2.24, 2.45) is 0 Å². The third-order valence-corrected chi connectivity index (χ3v) is 5.91. The van der Waals surface area contributed by atoms with Crippen molar-refractivity contribution >= 4 is 11.8 Å². The number of benzene rings is 2. The fourth-order valence-corrected chi connectivity index (χ4v) is 3.42. The maximum Gasteiger partial charge on any atom is 0.242 e. The van der Waals surface area contributed by atoms with Crippen LogP contribution in [0.15, 0.2) is 48.5 Å². The van der Waals surface area contributed by atoms with Crippen molar-refractivity contribution in [3.8, 4) is 0 Å². The first-order valence-electron chi connectivity index (χ1n) is 11.5. The normalized spacial score (nSPS) is 13.3. The highest BCUT2D eigenvalue weighted by Crippen LogP contribution is 2.23. The Morgan fingerprint density at radius 1 is 1.03 bits per heavy atom. The SMILES string of the molecule is CC[C@H](C)NC(=O)[C@H](C)N(Cc1ccccc1F)C(=O)CCc1ccc(C(C)(C)C)cc1. The molecule has 2 aromatic rings. The molecule has 4 nitrogen and oxygen atoms in total. The Morgan fingerprint density at radius 3 is 2.22 bits per heavy atom. The molecule has 174 valence electrons. The van der Waals surface area contributed by atoms with E-state index >= 15 is 0 Å². The van der Waals surface area contributed by atoms with Crippen molar-refractivity contribution in [3.05, 3.63) is 71.0 Å². The molecule has 2 atom stereocenters. The van der Waals surface area contributed by atoms with Crippen LogP contribution in [0.4, 0.5) is 4.39 Å². The van der Waals surface area contributed by atoms with Crippen LogP contribution in [0, 0.1) is 5.82 Å². The molecule has 0 aliphatic carbocycles. The molecule has 0 bridgehead atoms. The fourth-order valence-electron chi connectivity index (χ4n) is 3.42. The number of hydrogen-bond donors (Lipinski definition) is 1. The van der Waals surface area contributed by atoms with Gasteiger partial charge >= 0.3 is 0 Å². The minimum atomic E-state index is -0.695. The molecule has 0 aromatic heterocycles. The average molecular weight is 441 g/mol. The van der Waals surface area contributed by atoms with Crippen LogP contribution in [-0.4, -0.2) is 28.8 Å². The van der Waals surface area contributed by atoms with Crippen LogP contribution in [0.5, 0.6) is 0 Å². The zero-order valence-corrected chi connectivity index (χ0v) is 20.2. The van der Waals surface area contributed by atoms with Gasteiger partial charge in [0.2, 0.25) is 11.8 Å². The highest BCUT2D eigenvalue weighted by Gasteiger charge is 2.27. The smallest absolute Gasteiger partial charge is 0.242 e. The monoisotopic (exact) mass is 440 g/mol. The first-order valence-corrected chi connectivity index (χ1v) is 11.5. The zero-order chi connectivity index (χ0) is 23.9. The molecule has 0 unspecified atom stereocenters. The van der Waals surface area contributed by atoms with Gasteiger partial charge in [0.15, 0.2) is 0 Å². The second-order valence-corrected chi connectivity index (χ2v) is 9.55. The number of nitrogens with zero attached hydrogens (tertiary/aromatic N) is 1. The van der Waals surface area contributed by atoms with E-state index in [0.717, 1.165) is 12.0 Å². The third kappa shape index (κ3) is 7.18. The van der Waals surface area contributed by atoms with Crippen LogP contribution in [0.1, 0.15) is 71.1 Å². The number of aryl methyl sites for hydroxylation is 1. The Hall–Kier alpha value is -2.69. The van der Waals surface area contributed by atoms with Crippen LogP contribution < -0.4 is 5.32 Å². The summed E-state index contributed by atoms with van der Waals surface area (Å²) in [6.07, 6.45) is 1.62. The van der Waals surface area contributed by atoms with Gasteiger partial charge in [0.05, 0.1) is 0 Å². The largest absolute Gasteiger partial charge is 0.352 e. The number of rotatable bonds is 9. The second-order valence-electron chi connectivity index (χ2n) is 9.55. The van der Waals surface area contributed by atoms with Crippen molar-refractivity contribution in [1.29, 1.82) is 0 Å². The van der Waals surface area contributed by atoms with Gasteiger partial charge in [0.1, 0.15) is 11.9 Å². The lowest BCUT2D eigenvalue weighted by atomic mass is 9.86. The summed E-state index contributed by atoms with van der Waals surface area (Å²) in [5, 5.41) is 2.93. The van der Waals surface area contributed by atoms with Crippen LogP contribution in [-0.2, 0) is 28.0 Å². The van der Waals surface area contributed by atoms with E-state index in [0.29, 0.717) is 12.0 Å². The fraction of sp³-hybridized carbons (Fsp3) is 0.481. The number of nitrogens with one attached hydrogen (secondary N) is 1. The number of halogens is 1. The van der Waals surface area contributed by atoms with Gasteiger partial charge in [0.25, 0.3) is 0 Å². The molecule has 2 amide bonds. The topological polar surface area (TPSA) is 49.4 Å². The molecule has 2 aromatic carbocycles. The highest BCUT2D eigenvalue weighted by atomic mass is 19.1. The maximum absolute atomic E-state index is 14.3. The predicted octanol–water partition coefficient (Wildman–Crippen LogP) is 5.39. The Labute approximate surface area is 192 Å². The van der Waals surface area contributed by atoms with Crippen LogP contribution >= 0.6 is 0 Å². The molecule has 0 radical (unpaired) electrons. The van der Waals surface area contributed by atoms with Crippen molar-refractivity contribution in [1.82, 2.24) is 10.2 Å². The molecule has 5 heteroatoms. The first kappa shape index (κ1) is 25.6. The Balaban J connectivity index is 2.15. The van der Waals surface area contributed by atoms with E-state index in [1.54, 1.807) is 25.1 Å². The Bertz CT molecular complexity index is 903. The summed E-state index contributed by atoms with van der Waals surface area (Å²) in [5.41, 5.74) is 2.78. The quantitative estimate of drug-likeness (QED) is 0.568. The molecule has 0 heterocycles. The van der Waals surface area contributed by atoms with Gasteiger partial charge in [-0.3, -0.25) is 9.59 Å². The molecule has 0 fully saturated rings. The van der Waals surface area contributed by atoms with Gasteiger partial charge < -0.3 is 10.2 Å². The lowest BCUT2D eigenvalue weighted by Crippen LogP contribution is -2.49. The first-order chi connectivity index (χ1) is 15.0. The summed E-state index contributed by atoms with van der Waals surface area (Å²) >= 11 is 0. The summed E-state index contributed by atoms with van der Waals surface area (Å²) in [7, 11) is 0. The van der Waals surface area contributed by atoms with Crippen molar-refractivity contribution in [2.45, 2.75) is 84.8 Å². The van der Waals surface area contributed by atoms with E-state index < -0.39 is 6.04 Å². The van der Waals surface area contributed by atoms with Crippen molar-refractivity contribution in [3.63, 3.8) is 0 Å². The summed E-state index contributed by atoms with van der Waals surface area (Å²) in [6.45, 7) is 12.2. The number of hydrogen-bond acceptors (Lipinski definition) is 2. The minimum Gasteiger partial charge on any atom is -0.352 e. The van der Waals surface area contributed by atoms with E-state index in [1.165, 1.54) is 16.5 Å². The van der Waals surface area contributed by atoms with Crippen LogP contribution in [0.3, 0.4) is 0 Å². The van der Waals surface area contributed by atoms with Gasteiger partial charge in [-0.2, -0.15) is 0 Å². The molecule has 0 spiro atoms. The zero-order valence-electron chi connectivity index (χ0n) is 20.2. The summed E-state index contributed by atoms with van der Waals surface area (Å²) in [4.78, 5) is 27.4. The molecule has 32 heavy (non-hydrogen) atoms. The van der Waals surface area contributed by atoms with Crippen LogP contribution in [0.2, 0.25) is 0 Å². The molecule has 0 aliphatic rings. The summed E-state index contributed by atoms with van der Waals surface area (Å²) in [5.74, 6) is -0.767. The van der Waals surface area contributed by atoms with Crippen molar-refractivity contribution < 1.29 is 14.0 Å². The highest BCUT2D eigenvalue weighted by molar-refractivity contribution is 5.87. The van der Waals surface area contributed by atoms with Crippen LogP contribution in [0.25, 0.3) is 0 Å². The minimum absolute atomic E-state index is 0.0108. The molecule has 2 rings (SSSR count). The van der Waals surface area contributed by atoms with E-state index in [2.05, 4.69) is 38.2 Å². The standard InChI is InChI=1S/C27H37FN2O2/c1-7-19(2)29-26(32)20(3)30(18-22-10-8-9-11-24(22)28)25(31)17-14-21-12-15-23(16-13-21)27(4,5)6/h8-13,15-16,19-20H,7,14,17-18H2,1-6H3,(H,29,32)/t19-,20-/m0/s1. The summed E-state index contributed by atoms with van der Waals surface area (Å²) < 4.78 is 14.3. The van der Waals surface area contributed by atoms with Gasteiger partial charge in [0, 0.05) is 24.6 Å². The number of amides is 2. The second kappa shape index (κ2) is 11.3. The lowest BCUT2D eigenvalue weighted by Gasteiger charge is -2.30.